The Morgan fingerprint density at radius 3 is 2.69 bits per heavy atom. The standard InChI is InChI=1S/C13H19BrN2/c1-10(12-4-2-3-5-13(12)14)16-11-6-8-15-9-7-11/h2-5,10-11,15-16H,6-9H2,1H3/t10-/m1/s1. The first-order chi connectivity index (χ1) is 7.77. The molecule has 1 aromatic rings. The Morgan fingerprint density at radius 2 is 2.00 bits per heavy atom. The van der Waals surface area contributed by atoms with E-state index in [9.17, 15) is 0 Å². The van der Waals surface area contributed by atoms with Gasteiger partial charge >= 0.3 is 0 Å². The van der Waals surface area contributed by atoms with Crippen molar-refractivity contribution < 1.29 is 0 Å². The van der Waals surface area contributed by atoms with Crippen LogP contribution in [0, 0.1) is 0 Å². The van der Waals surface area contributed by atoms with Crippen molar-refractivity contribution in [1.82, 2.24) is 10.6 Å². The second-order valence-electron chi connectivity index (χ2n) is 4.43. The first kappa shape index (κ1) is 12.1. The Kier molecular flexibility index (Phi) is 4.38. The molecule has 1 saturated heterocycles. The quantitative estimate of drug-likeness (QED) is 0.891. The molecule has 1 fully saturated rings. The topological polar surface area (TPSA) is 24.1 Å². The zero-order chi connectivity index (χ0) is 11.4. The minimum absolute atomic E-state index is 0.415. The highest BCUT2D eigenvalue weighted by Crippen LogP contribution is 2.23. The summed E-state index contributed by atoms with van der Waals surface area (Å²) >= 11 is 3.61. The van der Waals surface area contributed by atoms with Crippen LogP contribution in [0.3, 0.4) is 0 Å². The van der Waals surface area contributed by atoms with Gasteiger partial charge < -0.3 is 10.6 Å². The van der Waals surface area contributed by atoms with E-state index in [0.29, 0.717) is 12.1 Å². The minimum atomic E-state index is 0.415. The van der Waals surface area contributed by atoms with Gasteiger partial charge in [-0.2, -0.15) is 0 Å². The molecule has 0 saturated carbocycles. The molecule has 0 aliphatic carbocycles. The Bertz CT molecular complexity index is 334. The summed E-state index contributed by atoms with van der Waals surface area (Å²) in [6.45, 7) is 4.52. The van der Waals surface area contributed by atoms with Gasteiger partial charge in [-0.05, 0) is 44.5 Å². The number of halogens is 1. The van der Waals surface area contributed by atoms with Crippen LogP contribution < -0.4 is 10.6 Å². The lowest BCUT2D eigenvalue weighted by Gasteiger charge is -2.27. The lowest BCUT2D eigenvalue weighted by Crippen LogP contribution is -2.41. The van der Waals surface area contributed by atoms with Crippen molar-refractivity contribution in [1.29, 1.82) is 0 Å². The molecular weight excluding hydrogens is 264 g/mol. The molecule has 1 aromatic carbocycles. The molecular formula is C13H19BrN2. The molecule has 0 bridgehead atoms. The summed E-state index contributed by atoms with van der Waals surface area (Å²) in [5.74, 6) is 0. The van der Waals surface area contributed by atoms with Gasteiger partial charge in [-0.1, -0.05) is 34.1 Å². The van der Waals surface area contributed by atoms with E-state index in [2.05, 4.69) is 57.8 Å². The highest BCUT2D eigenvalue weighted by atomic mass is 79.9. The molecule has 1 atom stereocenters. The van der Waals surface area contributed by atoms with Crippen LogP contribution in [0.4, 0.5) is 0 Å². The summed E-state index contributed by atoms with van der Waals surface area (Å²) in [4.78, 5) is 0. The normalized spacial score (nSPS) is 19.6. The number of nitrogens with one attached hydrogen (secondary N) is 2. The Labute approximate surface area is 106 Å². The maximum absolute atomic E-state index is 3.71. The predicted molar refractivity (Wildman–Crippen MR) is 71.6 cm³/mol. The van der Waals surface area contributed by atoms with Crippen LogP contribution in [0.1, 0.15) is 31.4 Å². The summed E-state index contributed by atoms with van der Waals surface area (Å²) in [5, 5.41) is 7.10. The van der Waals surface area contributed by atoms with E-state index < -0.39 is 0 Å². The van der Waals surface area contributed by atoms with Crippen molar-refractivity contribution in [3.05, 3.63) is 34.3 Å². The van der Waals surface area contributed by atoms with E-state index in [-0.39, 0.29) is 0 Å². The molecule has 1 heterocycles. The zero-order valence-corrected chi connectivity index (χ0v) is 11.3. The molecule has 1 aliphatic heterocycles. The molecule has 0 aromatic heterocycles. The molecule has 2 rings (SSSR count). The third-order valence-electron chi connectivity index (χ3n) is 3.20. The van der Waals surface area contributed by atoms with Crippen LogP contribution in [-0.2, 0) is 0 Å². The molecule has 2 nitrogen and oxygen atoms in total. The van der Waals surface area contributed by atoms with Crippen LogP contribution >= 0.6 is 15.9 Å². The number of rotatable bonds is 3. The molecule has 88 valence electrons. The van der Waals surface area contributed by atoms with Gasteiger partial charge in [0.05, 0.1) is 0 Å². The van der Waals surface area contributed by atoms with Crippen LogP contribution in [0.5, 0.6) is 0 Å². The Balaban J connectivity index is 1.96. The summed E-state index contributed by atoms with van der Waals surface area (Å²) < 4.78 is 1.20. The number of piperidine rings is 1. The van der Waals surface area contributed by atoms with Crippen molar-refractivity contribution in [3.8, 4) is 0 Å². The van der Waals surface area contributed by atoms with Crippen molar-refractivity contribution in [2.75, 3.05) is 13.1 Å². The van der Waals surface area contributed by atoms with Crippen molar-refractivity contribution in [3.63, 3.8) is 0 Å². The van der Waals surface area contributed by atoms with E-state index >= 15 is 0 Å². The smallest absolute Gasteiger partial charge is 0.0305 e. The van der Waals surface area contributed by atoms with Crippen molar-refractivity contribution in [2.45, 2.75) is 31.8 Å². The van der Waals surface area contributed by atoms with Gasteiger partial charge in [-0.25, -0.2) is 0 Å². The highest BCUT2D eigenvalue weighted by molar-refractivity contribution is 9.10. The van der Waals surface area contributed by atoms with Gasteiger partial charge in [0.25, 0.3) is 0 Å². The third kappa shape index (κ3) is 3.06. The largest absolute Gasteiger partial charge is 0.317 e. The Hall–Kier alpha value is -0.380. The molecule has 0 unspecified atom stereocenters. The number of benzene rings is 1. The average molecular weight is 283 g/mol. The fourth-order valence-electron chi connectivity index (χ4n) is 2.26. The summed E-state index contributed by atoms with van der Waals surface area (Å²) in [6, 6.07) is 9.52. The maximum Gasteiger partial charge on any atom is 0.0305 e. The summed E-state index contributed by atoms with van der Waals surface area (Å²) in [7, 11) is 0. The molecule has 0 spiro atoms. The SMILES string of the molecule is C[C@@H](NC1CCNCC1)c1ccccc1Br. The average Bonchev–Trinajstić information content (AvgIpc) is 2.31. The molecule has 16 heavy (non-hydrogen) atoms. The zero-order valence-electron chi connectivity index (χ0n) is 9.67. The lowest BCUT2D eigenvalue weighted by molar-refractivity contribution is 0.359. The van der Waals surface area contributed by atoms with E-state index in [1.165, 1.54) is 22.9 Å². The minimum Gasteiger partial charge on any atom is -0.317 e. The fraction of sp³-hybridized carbons (Fsp3) is 0.538. The van der Waals surface area contributed by atoms with Crippen LogP contribution in [-0.4, -0.2) is 19.1 Å². The van der Waals surface area contributed by atoms with Crippen molar-refractivity contribution >= 4 is 15.9 Å². The summed E-state index contributed by atoms with van der Waals surface area (Å²) in [6.07, 6.45) is 2.46. The van der Waals surface area contributed by atoms with Gasteiger partial charge in [0.2, 0.25) is 0 Å². The summed E-state index contributed by atoms with van der Waals surface area (Å²) in [5.41, 5.74) is 1.35. The van der Waals surface area contributed by atoms with Gasteiger partial charge in [0.15, 0.2) is 0 Å². The highest BCUT2D eigenvalue weighted by Gasteiger charge is 2.16. The van der Waals surface area contributed by atoms with E-state index in [4.69, 9.17) is 0 Å². The van der Waals surface area contributed by atoms with Crippen LogP contribution in [0.25, 0.3) is 0 Å². The monoisotopic (exact) mass is 282 g/mol. The Morgan fingerprint density at radius 1 is 1.31 bits per heavy atom. The van der Waals surface area contributed by atoms with E-state index in [1.54, 1.807) is 0 Å². The third-order valence-corrected chi connectivity index (χ3v) is 3.92. The van der Waals surface area contributed by atoms with Gasteiger partial charge in [-0.3, -0.25) is 0 Å². The number of hydrogen-bond donors (Lipinski definition) is 2. The van der Waals surface area contributed by atoms with Crippen LogP contribution in [0.15, 0.2) is 28.7 Å². The lowest BCUT2D eigenvalue weighted by atomic mass is 10.0. The first-order valence-electron chi connectivity index (χ1n) is 5.98. The molecule has 3 heteroatoms. The molecule has 0 radical (unpaired) electrons. The van der Waals surface area contributed by atoms with Crippen LogP contribution in [0.2, 0.25) is 0 Å². The molecule has 0 amide bonds. The number of hydrogen-bond acceptors (Lipinski definition) is 2. The first-order valence-corrected chi connectivity index (χ1v) is 6.78. The second kappa shape index (κ2) is 5.80. The molecule has 2 N–H and O–H groups in total. The van der Waals surface area contributed by atoms with E-state index in [0.717, 1.165) is 13.1 Å². The van der Waals surface area contributed by atoms with Crippen molar-refractivity contribution in [2.24, 2.45) is 0 Å². The fourth-order valence-corrected chi connectivity index (χ4v) is 2.89. The van der Waals surface area contributed by atoms with Gasteiger partial charge in [0.1, 0.15) is 0 Å². The predicted octanol–water partition coefficient (Wildman–Crippen LogP) is 2.85. The second-order valence-corrected chi connectivity index (χ2v) is 5.29. The molecule has 1 aliphatic rings. The van der Waals surface area contributed by atoms with Gasteiger partial charge in [0, 0.05) is 16.6 Å². The maximum atomic E-state index is 3.71. The van der Waals surface area contributed by atoms with Gasteiger partial charge in [-0.15, -0.1) is 0 Å². The van der Waals surface area contributed by atoms with E-state index in [1.807, 2.05) is 0 Å².